The summed E-state index contributed by atoms with van der Waals surface area (Å²) in [4.78, 5) is 1.95. The molecule has 0 saturated carbocycles. The van der Waals surface area contributed by atoms with Gasteiger partial charge < -0.3 is 14.7 Å². The van der Waals surface area contributed by atoms with Gasteiger partial charge in [0.2, 0.25) is 0 Å². The Hall–Kier alpha value is -1.13. The second kappa shape index (κ2) is 6.71. The van der Waals surface area contributed by atoms with Crippen molar-refractivity contribution in [3.63, 3.8) is 0 Å². The van der Waals surface area contributed by atoms with E-state index in [1.54, 1.807) is 26.2 Å². The van der Waals surface area contributed by atoms with Crippen molar-refractivity contribution >= 4 is 5.69 Å². The quantitative estimate of drug-likeness (QED) is 0.848. The summed E-state index contributed by atoms with van der Waals surface area (Å²) in [6.07, 6.45) is -0.653. The summed E-state index contributed by atoms with van der Waals surface area (Å²) in [7, 11) is 1.64. The van der Waals surface area contributed by atoms with Gasteiger partial charge >= 0.3 is 0 Å². The molecule has 0 aliphatic carbocycles. The van der Waals surface area contributed by atoms with Gasteiger partial charge in [0, 0.05) is 19.7 Å². The Morgan fingerprint density at radius 2 is 2.06 bits per heavy atom. The first-order valence-electron chi connectivity index (χ1n) is 6.24. The number of aliphatic hydroxyl groups is 1. The smallest absolute Gasteiger partial charge is 0.146 e. The van der Waals surface area contributed by atoms with Crippen LogP contribution in [0.5, 0.6) is 0 Å². The number of aliphatic hydroxyl groups excluding tert-OH is 1. The molecule has 2 atom stereocenters. The first kappa shape index (κ1) is 14.9. The van der Waals surface area contributed by atoms with E-state index in [4.69, 9.17) is 4.74 Å². The number of likely N-dealkylation sites (N-methyl/N-ethyl adjacent to an activating group) is 1. The molecule has 0 heterocycles. The van der Waals surface area contributed by atoms with Gasteiger partial charge in [-0.15, -0.1) is 0 Å². The lowest BCUT2D eigenvalue weighted by Gasteiger charge is -2.30. The summed E-state index contributed by atoms with van der Waals surface area (Å²) >= 11 is 0. The third kappa shape index (κ3) is 3.43. The highest BCUT2D eigenvalue weighted by Gasteiger charge is 2.17. The zero-order valence-corrected chi connectivity index (χ0v) is 11.5. The molecule has 0 amide bonds. The molecule has 4 heteroatoms. The van der Waals surface area contributed by atoms with Crippen molar-refractivity contribution in [2.24, 2.45) is 0 Å². The zero-order valence-electron chi connectivity index (χ0n) is 11.5. The molecule has 0 fully saturated rings. The lowest BCUT2D eigenvalue weighted by atomic mass is 10.1. The van der Waals surface area contributed by atoms with E-state index in [0.717, 1.165) is 0 Å². The van der Waals surface area contributed by atoms with Crippen LogP contribution in [0.15, 0.2) is 18.2 Å². The van der Waals surface area contributed by atoms with Crippen LogP contribution in [-0.4, -0.2) is 31.4 Å². The number of methoxy groups -OCH3 is 1. The number of ether oxygens (including phenoxy) is 1. The molecule has 0 spiro atoms. The number of rotatable bonds is 6. The molecule has 1 unspecified atom stereocenters. The lowest BCUT2D eigenvalue weighted by Crippen LogP contribution is -2.36. The van der Waals surface area contributed by atoms with Gasteiger partial charge in [0.1, 0.15) is 5.82 Å². The summed E-state index contributed by atoms with van der Waals surface area (Å²) in [5.74, 6) is -0.307. The van der Waals surface area contributed by atoms with Gasteiger partial charge in [0.25, 0.3) is 0 Å². The number of halogens is 1. The minimum absolute atomic E-state index is 0.104. The first-order valence-corrected chi connectivity index (χ1v) is 6.24. The van der Waals surface area contributed by atoms with Crippen molar-refractivity contribution in [2.75, 3.05) is 25.2 Å². The molecular weight excluding hydrogens is 233 g/mol. The second-order valence-electron chi connectivity index (χ2n) is 4.48. The van der Waals surface area contributed by atoms with Crippen molar-refractivity contribution in [3.05, 3.63) is 29.6 Å². The molecule has 0 radical (unpaired) electrons. The standard InChI is InChI=1S/C14H22FNO2/c1-5-16(10(2)9-18-4)14-7-6-12(11(3)17)8-13(14)15/h6-8,10-11,17H,5,9H2,1-4H3/t10?,11-/m1/s1. The van der Waals surface area contributed by atoms with E-state index < -0.39 is 6.10 Å². The Balaban J connectivity index is 2.99. The fraction of sp³-hybridized carbons (Fsp3) is 0.571. The van der Waals surface area contributed by atoms with Crippen LogP contribution in [0.2, 0.25) is 0 Å². The molecule has 1 aromatic carbocycles. The Kier molecular flexibility index (Phi) is 5.56. The summed E-state index contributed by atoms with van der Waals surface area (Å²) in [5.41, 5.74) is 1.14. The van der Waals surface area contributed by atoms with Crippen LogP contribution in [0, 0.1) is 5.82 Å². The summed E-state index contributed by atoms with van der Waals surface area (Å²) in [6, 6.07) is 4.97. The van der Waals surface area contributed by atoms with Gasteiger partial charge in [0.15, 0.2) is 0 Å². The van der Waals surface area contributed by atoms with Gasteiger partial charge in [-0.2, -0.15) is 0 Å². The molecule has 3 nitrogen and oxygen atoms in total. The normalized spacial score (nSPS) is 14.3. The first-order chi connectivity index (χ1) is 8.51. The fourth-order valence-electron chi connectivity index (χ4n) is 2.07. The second-order valence-corrected chi connectivity index (χ2v) is 4.48. The Morgan fingerprint density at radius 3 is 2.50 bits per heavy atom. The van der Waals surface area contributed by atoms with E-state index in [9.17, 15) is 9.50 Å². The monoisotopic (exact) mass is 255 g/mol. The molecule has 0 aromatic heterocycles. The molecular formula is C14H22FNO2. The molecule has 102 valence electrons. The molecule has 1 N–H and O–H groups in total. The lowest BCUT2D eigenvalue weighted by molar-refractivity contribution is 0.181. The van der Waals surface area contributed by atoms with Gasteiger partial charge in [-0.3, -0.25) is 0 Å². The van der Waals surface area contributed by atoms with E-state index >= 15 is 0 Å². The van der Waals surface area contributed by atoms with Crippen LogP contribution in [0.1, 0.15) is 32.4 Å². The summed E-state index contributed by atoms with van der Waals surface area (Å²) in [5, 5.41) is 9.43. The van der Waals surface area contributed by atoms with Gasteiger partial charge in [-0.25, -0.2) is 4.39 Å². The van der Waals surface area contributed by atoms with Crippen molar-refractivity contribution in [3.8, 4) is 0 Å². The predicted molar refractivity (Wildman–Crippen MR) is 71.4 cm³/mol. The van der Waals surface area contributed by atoms with Crippen molar-refractivity contribution in [1.82, 2.24) is 0 Å². The SMILES string of the molecule is CCN(c1ccc([C@@H](C)O)cc1F)C(C)COC. The largest absolute Gasteiger partial charge is 0.389 e. The third-order valence-electron chi connectivity index (χ3n) is 3.04. The maximum absolute atomic E-state index is 14.1. The van der Waals surface area contributed by atoms with Crippen molar-refractivity contribution < 1.29 is 14.2 Å². The molecule has 0 saturated heterocycles. The molecule has 18 heavy (non-hydrogen) atoms. The molecule has 1 rings (SSSR count). The number of nitrogens with zero attached hydrogens (tertiary/aromatic N) is 1. The van der Waals surface area contributed by atoms with Crippen molar-refractivity contribution in [1.29, 1.82) is 0 Å². The maximum Gasteiger partial charge on any atom is 0.146 e. The van der Waals surface area contributed by atoms with Crippen LogP contribution in [0.3, 0.4) is 0 Å². The van der Waals surface area contributed by atoms with Crippen LogP contribution in [0.25, 0.3) is 0 Å². The Bertz CT molecular complexity index is 382. The van der Waals surface area contributed by atoms with Crippen LogP contribution in [0.4, 0.5) is 10.1 Å². The molecule has 1 aromatic rings. The topological polar surface area (TPSA) is 32.7 Å². The van der Waals surface area contributed by atoms with Crippen LogP contribution >= 0.6 is 0 Å². The number of hydrogen-bond acceptors (Lipinski definition) is 3. The van der Waals surface area contributed by atoms with Gasteiger partial charge in [-0.1, -0.05) is 6.07 Å². The highest BCUT2D eigenvalue weighted by atomic mass is 19.1. The third-order valence-corrected chi connectivity index (χ3v) is 3.04. The molecule has 0 aliphatic heterocycles. The highest BCUT2D eigenvalue weighted by molar-refractivity contribution is 5.50. The molecule has 0 bridgehead atoms. The van der Waals surface area contributed by atoms with E-state index in [0.29, 0.717) is 24.4 Å². The van der Waals surface area contributed by atoms with E-state index in [-0.39, 0.29) is 11.9 Å². The average molecular weight is 255 g/mol. The predicted octanol–water partition coefficient (Wildman–Crippen LogP) is 2.74. The zero-order chi connectivity index (χ0) is 13.7. The van der Waals surface area contributed by atoms with E-state index in [1.165, 1.54) is 6.07 Å². The van der Waals surface area contributed by atoms with E-state index in [1.807, 2.05) is 18.7 Å². The minimum atomic E-state index is -0.653. The van der Waals surface area contributed by atoms with Gasteiger partial charge in [-0.05, 0) is 38.5 Å². The minimum Gasteiger partial charge on any atom is -0.389 e. The maximum atomic E-state index is 14.1. The number of anilines is 1. The number of benzene rings is 1. The average Bonchev–Trinajstić information content (AvgIpc) is 2.32. The Labute approximate surface area is 108 Å². The van der Waals surface area contributed by atoms with Gasteiger partial charge in [0.05, 0.1) is 18.4 Å². The molecule has 0 aliphatic rings. The fourth-order valence-corrected chi connectivity index (χ4v) is 2.07. The Morgan fingerprint density at radius 1 is 1.39 bits per heavy atom. The van der Waals surface area contributed by atoms with Crippen LogP contribution < -0.4 is 4.90 Å². The van der Waals surface area contributed by atoms with Crippen molar-refractivity contribution in [2.45, 2.75) is 32.9 Å². The highest BCUT2D eigenvalue weighted by Crippen LogP contribution is 2.25. The number of hydrogen-bond donors (Lipinski definition) is 1. The summed E-state index contributed by atoms with van der Waals surface area (Å²) in [6.45, 7) is 6.85. The van der Waals surface area contributed by atoms with E-state index in [2.05, 4.69) is 0 Å². The van der Waals surface area contributed by atoms with Crippen LogP contribution in [-0.2, 0) is 4.74 Å². The summed E-state index contributed by atoms with van der Waals surface area (Å²) < 4.78 is 19.2.